The number of rotatable bonds is 3. The van der Waals surface area contributed by atoms with Crippen molar-refractivity contribution in [1.29, 1.82) is 0 Å². The number of benzene rings is 1. The van der Waals surface area contributed by atoms with Crippen LogP contribution in [0.1, 0.15) is 28.2 Å². The number of halogens is 1. The van der Waals surface area contributed by atoms with Crippen LogP contribution in [0.4, 0.5) is 5.69 Å². The van der Waals surface area contributed by atoms with Crippen molar-refractivity contribution >= 4 is 34.5 Å². The smallest absolute Gasteiger partial charge is 0.263 e. The lowest BCUT2D eigenvalue weighted by atomic mass is 10.1. The van der Waals surface area contributed by atoms with Crippen LogP contribution in [0.15, 0.2) is 35.7 Å². The van der Waals surface area contributed by atoms with Crippen LogP contribution in [0.25, 0.3) is 0 Å². The summed E-state index contributed by atoms with van der Waals surface area (Å²) in [5, 5.41) is 5.33. The van der Waals surface area contributed by atoms with E-state index >= 15 is 0 Å². The first-order chi connectivity index (χ1) is 8.59. The van der Waals surface area contributed by atoms with E-state index in [1.165, 1.54) is 11.3 Å². The summed E-state index contributed by atoms with van der Waals surface area (Å²) < 4.78 is 0. The van der Waals surface area contributed by atoms with Gasteiger partial charge in [-0.05, 0) is 30.0 Å². The first-order valence-corrected chi connectivity index (χ1v) is 6.73. The third-order valence-corrected chi connectivity index (χ3v) is 3.89. The van der Waals surface area contributed by atoms with Crippen LogP contribution < -0.4 is 11.1 Å². The Morgan fingerprint density at radius 3 is 2.72 bits per heavy atom. The molecule has 1 amide bonds. The van der Waals surface area contributed by atoms with Gasteiger partial charge in [-0.3, -0.25) is 4.79 Å². The van der Waals surface area contributed by atoms with E-state index in [2.05, 4.69) is 5.32 Å². The first kappa shape index (κ1) is 12.9. The largest absolute Gasteiger partial charge is 0.397 e. The molecule has 0 saturated heterocycles. The summed E-state index contributed by atoms with van der Waals surface area (Å²) in [7, 11) is 0. The molecule has 1 unspecified atom stereocenters. The van der Waals surface area contributed by atoms with Crippen molar-refractivity contribution in [3.63, 3.8) is 0 Å². The SMILES string of the molecule is CC(NC(=O)c1sccc1N)c1ccccc1Cl. The number of hydrogen-bond donors (Lipinski definition) is 2. The van der Waals surface area contributed by atoms with Crippen molar-refractivity contribution in [3.05, 3.63) is 51.2 Å². The van der Waals surface area contributed by atoms with E-state index in [0.717, 1.165) is 5.56 Å². The summed E-state index contributed by atoms with van der Waals surface area (Å²) in [6, 6.07) is 9.01. The maximum Gasteiger partial charge on any atom is 0.263 e. The number of anilines is 1. The number of nitrogens with two attached hydrogens (primary N) is 1. The van der Waals surface area contributed by atoms with Gasteiger partial charge in [0, 0.05) is 5.02 Å². The molecule has 0 bridgehead atoms. The van der Waals surface area contributed by atoms with Gasteiger partial charge in [0.2, 0.25) is 0 Å². The molecule has 1 aromatic carbocycles. The summed E-state index contributed by atoms with van der Waals surface area (Å²) in [5.74, 6) is -0.171. The third kappa shape index (κ3) is 2.66. The van der Waals surface area contributed by atoms with Crippen LogP contribution in [-0.4, -0.2) is 5.91 Å². The number of carbonyl (C=O) groups is 1. The molecule has 2 rings (SSSR count). The molecule has 5 heteroatoms. The number of hydrogen-bond acceptors (Lipinski definition) is 3. The first-order valence-electron chi connectivity index (χ1n) is 5.48. The molecule has 3 nitrogen and oxygen atoms in total. The second kappa shape index (κ2) is 5.42. The quantitative estimate of drug-likeness (QED) is 0.904. The minimum Gasteiger partial charge on any atom is -0.397 e. The summed E-state index contributed by atoms with van der Waals surface area (Å²) in [5.41, 5.74) is 7.10. The van der Waals surface area contributed by atoms with Gasteiger partial charge >= 0.3 is 0 Å². The number of thiophene rings is 1. The van der Waals surface area contributed by atoms with E-state index in [1.54, 1.807) is 17.5 Å². The molecular formula is C13H13ClN2OS. The summed E-state index contributed by atoms with van der Waals surface area (Å²) in [4.78, 5) is 12.5. The second-order valence-electron chi connectivity index (χ2n) is 3.92. The molecule has 0 spiro atoms. The van der Waals surface area contributed by atoms with Crippen molar-refractivity contribution in [2.45, 2.75) is 13.0 Å². The van der Waals surface area contributed by atoms with Crippen molar-refractivity contribution in [3.8, 4) is 0 Å². The molecule has 94 valence electrons. The highest BCUT2D eigenvalue weighted by Crippen LogP contribution is 2.24. The van der Waals surface area contributed by atoms with Gasteiger partial charge < -0.3 is 11.1 Å². The molecule has 0 saturated carbocycles. The number of nitrogens with one attached hydrogen (secondary N) is 1. The number of nitrogen functional groups attached to an aromatic ring is 1. The highest BCUT2D eigenvalue weighted by Gasteiger charge is 2.16. The maximum absolute atomic E-state index is 12.0. The minimum atomic E-state index is -0.171. The topological polar surface area (TPSA) is 55.1 Å². The molecule has 1 aromatic heterocycles. The van der Waals surface area contributed by atoms with E-state index in [4.69, 9.17) is 17.3 Å². The van der Waals surface area contributed by atoms with Crippen molar-refractivity contribution < 1.29 is 4.79 Å². The zero-order chi connectivity index (χ0) is 13.1. The fourth-order valence-corrected chi connectivity index (χ4v) is 2.69. The molecule has 1 atom stereocenters. The molecular weight excluding hydrogens is 268 g/mol. The Morgan fingerprint density at radius 1 is 1.39 bits per heavy atom. The molecule has 2 aromatic rings. The van der Waals surface area contributed by atoms with Gasteiger partial charge in [-0.25, -0.2) is 0 Å². The van der Waals surface area contributed by atoms with Gasteiger partial charge in [-0.1, -0.05) is 29.8 Å². The van der Waals surface area contributed by atoms with Gasteiger partial charge in [0.05, 0.1) is 11.7 Å². The van der Waals surface area contributed by atoms with E-state index in [1.807, 2.05) is 25.1 Å². The van der Waals surface area contributed by atoms with Gasteiger partial charge in [0.1, 0.15) is 4.88 Å². The average Bonchev–Trinajstić information content (AvgIpc) is 2.76. The lowest BCUT2D eigenvalue weighted by Crippen LogP contribution is -2.26. The second-order valence-corrected chi connectivity index (χ2v) is 5.25. The van der Waals surface area contributed by atoms with Crippen LogP contribution in [-0.2, 0) is 0 Å². The molecule has 0 radical (unpaired) electrons. The minimum absolute atomic E-state index is 0.160. The lowest BCUT2D eigenvalue weighted by molar-refractivity contribution is 0.0945. The summed E-state index contributed by atoms with van der Waals surface area (Å²) in [6.07, 6.45) is 0. The van der Waals surface area contributed by atoms with Gasteiger partial charge in [0.15, 0.2) is 0 Å². The van der Waals surface area contributed by atoms with E-state index in [9.17, 15) is 4.79 Å². The maximum atomic E-state index is 12.0. The van der Waals surface area contributed by atoms with E-state index in [-0.39, 0.29) is 11.9 Å². The van der Waals surface area contributed by atoms with Gasteiger partial charge in [-0.15, -0.1) is 11.3 Å². The third-order valence-electron chi connectivity index (χ3n) is 2.62. The highest BCUT2D eigenvalue weighted by atomic mass is 35.5. The Balaban J connectivity index is 2.13. The predicted molar refractivity (Wildman–Crippen MR) is 76.1 cm³/mol. The molecule has 1 heterocycles. The Labute approximate surface area is 115 Å². The van der Waals surface area contributed by atoms with Crippen LogP contribution in [0, 0.1) is 0 Å². The fraction of sp³-hybridized carbons (Fsp3) is 0.154. The summed E-state index contributed by atoms with van der Waals surface area (Å²) >= 11 is 7.41. The van der Waals surface area contributed by atoms with Crippen molar-refractivity contribution in [1.82, 2.24) is 5.32 Å². The Morgan fingerprint density at radius 2 is 2.11 bits per heavy atom. The molecule has 18 heavy (non-hydrogen) atoms. The van der Waals surface area contributed by atoms with E-state index in [0.29, 0.717) is 15.6 Å². The highest BCUT2D eigenvalue weighted by molar-refractivity contribution is 7.12. The van der Waals surface area contributed by atoms with Crippen LogP contribution >= 0.6 is 22.9 Å². The van der Waals surface area contributed by atoms with Gasteiger partial charge in [0.25, 0.3) is 5.91 Å². The lowest BCUT2D eigenvalue weighted by Gasteiger charge is -2.15. The van der Waals surface area contributed by atoms with Crippen molar-refractivity contribution in [2.24, 2.45) is 0 Å². The monoisotopic (exact) mass is 280 g/mol. The average molecular weight is 281 g/mol. The zero-order valence-corrected chi connectivity index (χ0v) is 11.4. The summed E-state index contributed by atoms with van der Waals surface area (Å²) in [6.45, 7) is 1.89. The fourth-order valence-electron chi connectivity index (χ4n) is 1.67. The molecule has 0 aliphatic heterocycles. The zero-order valence-electron chi connectivity index (χ0n) is 9.81. The Bertz CT molecular complexity index is 568. The Hall–Kier alpha value is -1.52. The van der Waals surface area contributed by atoms with Crippen molar-refractivity contribution in [2.75, 3.05) is 5.73 Å². The standard InChI is InChI=1S/C13H13ClN2OS/c1-8(9-4-2-3-5-10(9)14)16-13(17)12-11(15)6-7-18-12/h2-8H,15H2,1H3,(H,16,17). The van der Waals surface area contributed by atoms with Gasteiger partial charge in [-0.2, -0.15) is 0 Å². The predicted octanol–water partition coefficient (Wildman–Crippen LogP) is 3.47. The number of carbonyl (C=O) groups excluding carboxylic acids is 1. The van der Waals surface area contributed by atoms with Crippen LogP contribution in [0.3, 0.4) is 0 Å². The number of amides is 1. The molecule has 0 fully saturated rings. The van der Waals surface area contributed by atoms with Crippen LogP contribution in [0.2, 0.25) is 5.02 Å². The Kier molecular flexibility index (Phi) is 3.89. The molecule has 3 N–H and O–H groups in total. The normalized spacial score (nSPS) is 12.1. The molecule has 0 aliphatic carbocycles. The molecule has 0 aliphatic rings. The van der Waals surface area contributed by atoms with E-state index < -0.39 is 0 Å². The van der Waals surface area contributed by atoms with Crippen LogP contribution in [0.5, 0.6) is 0 Å².